The van der Waals surface area contributed by atoms with E-state index in [1.165, 1.54) is 0 Å². The van der Waals surface area contributed by atoms with Crippen molar-refractivity contribution in [3.63, 3.8) is 0 Å². The van der Waals surface area contributed by atoms with Gasteiger partial charge in [-0.2, -0.15) is 0 Å². The summed E-state index contributed by atoms with van der Waals surface area (Å²) in [5.74, 6) is 1.21. The van der Waals surface area contributed by atoms with E-state index in [-0.39, 0.29) is 18.5 Å². The predicted octanol–water partition coefficient (Wildman–Crippen LogP) is 3.30. The molecule has 3 rings (SSSR count). The van der Waals surface area contributed by atoms with E-state index in [1.807, 2.05) is 55.5 Å². The molecule has 0 amide bonds. The van der Waals surface area contributed by atoms with Gasteiger partial charge in [0.05, 0.1) is 7.11 Å². The van der Waals surface area contributed by atoms with Crippen LogP contribution in [0.15, 0.2) is 48.5 Å². The molecule has 2 unspecified atom stereocenters. The fourth-order valence-electron chi connectivity index (χ4n) is 2.58. The summed E-state index contributed by atoms with van der Waals surface area (Å²) in [6.07, 6.45) is -0.573. The maximum atomic E-state index is 12.2. The molecule has 1 aliphatic heterocycles. The molecule has 22 heavy (non-hydrogen) atoms. The van der Waals surface area contributed by atoms with Crippen molar-refractivity contribution in [2.24, 2.45) is 0 Å². The van der Waals surface area contributed by atoms with Crippen molar-refractivity contribution >= 4 is 5.97 Å². The number of methoxy groups -OCH3 is 1. The topological polar surface area (TPSA) is 44.8 Å². The molecular formula is C18H18O4. The van der Waals surface area contributed by atoms with Crippen LogP contribution in [0.3, 0.4) is 0 Å². The zero-order chi connectivity index (χ0) is 15.5. The molecule has 114 valence electrons. The molecular weight excluding hydrogens is 280 g/mol. The lowest BCUT2D eigenvalue weighted by Crippen LogP contribution is -2.29. The van der Waals surface area contributed by atoms with Crippen LogP contribution < -0.4 is 9.47 Å². The van der Waals surface area contributed by atoms with Crippen LogP contribution in [0.5, 0.6) is 11.5 Å². The molecule has 0 N–H and O–H groups in total. The van der Waals surface area contributed by atoms with Crippen LogP contribution in [-0.2, 0) is 16.1 Å². The summed E-state index contributed by atoms with van der Waals surface area (Å²) >= 11 is 0. The highest BCUT2D eigenvalue weighted by atomic mass is 16.6. The molecule has 2 aromatic rings. The van der Waals surface area contributed by atoms with Crippen molar-refractivity contribution in [3.05, 3.63) is 59.7 Å². The second-order valence-electron chi connectivity index (χ2n) is 5.32. The van der Waals surface area contributed by atoms with E-state index >= 15 is 0 Å². The minimum atomic E-state index is -0.573. The lowest BCUT2D eigenvalue weighted by atomic mass is 9.98. The van der Waals surface area contributed by atoms with Crippen molar-refractivity contribution in [1.82, 2.24) is 0 Å². The summed E-state index contributed by atoms with van der Waals surface area (Å²) < 4.78 is 16.2. The molecule has 0 fully saturated rings. The third kappa shape index (κ3) is 2.77. The Morgan fingerprint density at radius 1 is 1.14 bits per heavy atom. The first kappa shape index (κ1) is 14.4. The van der Waals surface area contributed by atoms with E-state index in [4.69, 9.17) is 14.2 Å². The van der Waals surface area contributed by atoms with Gasteiger partial charge in [0.25, 0.3) is 0 Å². The maximum Gasteiger partial charge on any atom is 0.348 e. The highest BCUT2D eigenvalue weighted by Crippen LogP contribution is 2.38. The highest BCUT2D eigenvalue weighted by Gasteiger charge is 2.37. The van der Waals surface area contributed by atoms with Crippen LogP contribution in [0.2, 0.25) is 0 Å². The molecule has 0 saturated heterocycles. The van der Waals surface area contributed by atoms with Gasteiger partial charge in [-0.05, 0) is 23.8 Å². The number of esters is 1. The zero-order valence-corrected chi connectivity index (χ0v) is 12.6. The van der Waals surface area contributed by atoms with E-state index in [2.05, 4.69) is 0 Å². The minimum absolute atomic E-state index is 0.000401. The molecule has 0 radical (unpaired) electrons. The van der Waals surface area contributed by atoms with Gasteiger partial charge >= 0.3 is 5.97 Å². The number of carbonyl (C=O) groups is 1. The van der Waals surface area contributed by atoms with Gasteiger partial charge in [0.1, 0.15) is 18.1 Å². The molecule has 0 aromatic heterocycles. The SMILES string of the molecule is COc1ccc(COC(=O)C2Oc3ccccc3C2C)cc1. The molecule has 0 spiro atoms. The summed E-state index contributed by atoms with van der Waals surface area (Å²) in [5.41, 5.74) is 1.96. The minimum Gasteiger partial charge on any atom is -0.497 e. The fourth-order valence-corrected chi connectivity index (χ4v) is 2.58. The largest absolute Gasteiger partial charge is 0.497 e. The van der Waals surface area contributed by atoms with Crippen molar-refractivity contribution in [3.8, 4) is 11.5 Å². The van der Waals surface area contributed by atoms with Gasteiger partial charge in [-0.25, -0.2) is 4.79 Å². The quantitative estimate of drug-likeness (QED) is 0.812. The number of ether oxygens (including phenoxy) is 3. The second kappa shape index (κ2) is 6.10. The molecule has 4 heteroatoms. The van der Waals surface area contributed by atoms with E-state index < -0.39 is 6.10 Å². The van der Waals surface area contributed by atoms with Gasteiger partial charge in [0.15, 0.2) is 0 Å². The number of fused-ring (bicyclic) bond motifs is 1. The van der Waals surface area contributed by atoms with Crippen LogP contribution in [0, 0.1) is 0 Å². The van der Waals surface area contributed by atoms with Gasteiger partial charge in [-0.3, -0.25) is 0 Å². The number of benzene rings is 2. The molecule has 4 nitrogen and oxygen atoms in total. The standard InChI is InChI=1S/C18H18O4/c1-12-15-5-3-4-6-16(15)22-17(12)18(19)21-11-13-7-9-14(20-2)10-8-13/h3-10,12,17H,11H2,1-2H3. The van der Waals surface area contributed by atoms with Crippen LogP contribution >= 0.6 is 0 Å². The first-order chi connectivity index (χ1) is 10.7. The normalized spacial score (nSPS) is 19.2. The van der Waals surface area contributed by atoms with Crippen molar-refractivity contribution in [2.75, 3.05) is 7.11 Å². The molecule has 2 atom stereocenters. The second-order valence-corrected chi connectivity index (χ2v) is 5.32. The summed E-state index contributed by atoms with van der Waals surface area (Å²) in [6, 6.07) is 15.1. The van der Waals surface area contributed by atoms with Crippen LogP contribution in [0.25, 0.3) is 0 Å². The summed E-state index contributed by atoms with van der Waals surface area (Å²) in [4.78, 5) is 12.2. The van der Waals surface area contributed by atoms with E-state index in [9.17, 15) is 4.79 Å². The smallest absolute Gasteiger partial charge is 0.348 e. The van der Waals surface area contributed by atoms with Crippen molar-refractivity contribution in [1.29, 1.82) is 0 Å². The van der Waals surface area contributed by atoms with Crippen LogP contribution in [0.1, 0.15) is 24.0 Å². The number of hydrogen-bond acceptors (Lipinski definition) is 4. The lowest BCUT2D eigenvalue weighted by molar-refractivity contribution is -0.153. The fraction of sp³-hybridized carbons (Fsp3) is 0.278. The average Bonchev–Trinajstić information content (AvgIpc) is 2.90. The monoisotopic (exact) mass is 298 g/mol. The zero-order valence-electron chi connectivity index (χ0n) is 12.6. The maximum absolute atomic E-state index is 12.2. The molecule has 2 aromatic carbocycles. The summed E-state index contributed by atoms with van der Waals surface area (Å²) in [6.45, 7) is 2.21. The Morgan fingerprint density at radius 2 is 1.86 bits per heavy atom. The lowest BCUT2D eigenvalue weighted by Gasteiger charge is -2.14. The first-order valence-corrected chi connectivity index (χ1v) is 7.24. The first-order valence-electron chi connectivity index (χ1n) is 7.24. The number of rotatable bonds is 4. The number of hydrogen-bond donors (Lipinski definition) is 0. The van der Waals surface area contributed by atoms with E-state index in [1.54, 1.807) is 7.11 Å². The van der Waals surface area contributed by atoms with Crippen molar-refractivity contribution in [2.45, 2.75) is 25.6 Å². The van der Waals surface area contributed by atoms with Crippen LogP contribution in [-0.4, -0.2) is 19.2 Å². The summed E-state index contributed by atoms with van der Waals surface area (Å²) in [7, 11) is 1.62. The van der Waals surface area contributed by atoms with Crippen molar-refractivity contribution < 1.29 is 19.0 Å². The third-order valence-corrected chi connectivity index (χ3v) is 3.89. The number of para-hydroxylation sites is 1. The number of carbonyl (C=O) groups excluding carboxylic acids is 1. The van der Waals surface area contributed by atoms with E-state index in [0.29, 0.717) is 0 Å². The molecule has 1 aliphatic rings. The Morgan fingerprint density at radius 3 is 2.55 bits per heavy atom. The Labute approximate surface area is 129 Å². The van der Waals surface area contributed by atoms with E-state index in [0.717, 1.165) is 22.6 Å². The van der Waals surface area contributed by atoms with Gasteiger partial charge in [-0.1, -0.05) is 37.3 Å². The molecule has 0 bridgehead atoms. The predicted molar refractivity (Wildman–Crippen MR) is 82.1 cm³/mol. The average molecular weight is 298 g/mol. The van der Waals surface area contributed by atoms with Crippen LogP contribution in [0.4, 0.5) is 0 Å². The van der Waals surface area contributed by atoms with Gasteiger partial charge < -0.3 is 14.2 Å². The Kier molecular flexibility index (Phi) is 4.00. The highest BCUT2D eigenvalue weighted by molar-refractivity contribution is 5.78. The van der Waals surface area contributed by atoms with Gasteiger partial charge in [0.2, 0.25) is 6.10 Å². The van der Waals surface area contributed by atoms with Gasteiger partial charge in [-0.15, -0.1) is 0 Å². The molecule has 1 heterocycles. The molecule has 0 saturated carbocycles. The van der Waals surface area contributed by atoms with Gasteiger partial charge in [0, 0.05) is 11.5 Å². The molecule has 0 aliphatic carbocycles. The Bertz CT molecular complexity index is 663. The summed E-state index contributed by atoms with van der Waals surface area (Å²) in [5, 5.41) is 0. The Hall–Kier alpha value is -2.49. The Balaban J connectivity index is 1.61. The third-order valence-electron chi connectivity index (χ3n) is 3.89.